The van der Waals surface area contributed by atoms with Gasteiger partial charge in [-0.2, -0.15) is 0 Å². The highest BCUT2D eigenvalue weighted by atomic mass is 35.5. The molecule has 3 heterocycles. The van der Waals surface area contributed by atoms with Gasteiger partial charge in [0, 0.05) is 10.7 Å². The van der Waals surface area contributed by atoms with Gasteiger partial charge in [-0.05, 0) is 48.9 Å². The van der Waals surface area contributed by atoms with E-state index in [0.717, 1.165) is 11.3 Å². The fraction of sp³-hybridized carbons (Fsp3) is 0.0870. The summed E-state index contributed by atoms with van der Waals surface area (Å²) < 4.78 is 5.91. The van der Waals surface area contributed by atoms with Gasteiger partial charge < -0.3 is 4.42 Å². The Hall–Kier alpha value is -3.44. The summed E-state index contributed by atoms with van der Waals surface area (Å²) in [4.78, 5) is 32.8. The molecule has 0 bridgehead atoms. The quantitative estimate of drug-likeness (QED) is 0.478. The molecule has 1 amide bonds. The summed E-state index contributed by atoms with van der Waals surface area (Å²) in [5.41, 5.74) is 1.94. The van der Waals surface area contributed by atoms with E-state index in [0.29, 0.717) is 27.4 Å². The molecule has 4 aromatic rings. The lowest BCUT2D eigenvalue weighted by atomic mass is 9.98. The number of anilines is 1. The molecule has 5 nitrogen and oxygen atoms in total. The number of fused-ring (bicyclic) bond motifs is 2. The summed E-state index contributed by atoms with van der Waals surface area (Å²) in [5.74, 6) is 0.0998. The number of aryl methyl sites for hydroxylation is 1. The molecule has 1 aliphatic heterocycles. The van der Waals surface area contributed by atoms with Crippen molar-refractivity contribution < 1.29 is 9.21 Å². The van der Waals surface area contributed by atoms with E-state index in [2.05, 4.69) is 4.98 Å². The van der Waals surface area contributed by atoms with Crippen molar-refractivity contribution in [2.75, 3.05) is 4.90 Å². The van der Waals surface area contributed by atoms with Crippen molar-refractivity contribution in [3.05, 3.63) is 105 Å². The van der Waals surface area contributed by atoms with Crippen LogP contribution in [0.4, 0.5) is 5.82 Å². The molecule has 0 saturated heterocycles. The lowest BCUT2D eigenvalue weighted by molar-refractivity contribution is 0.0970. The number of benzene rings is 2. The van der Waals surface area contributed by atoms with Crippen LogP contribution in [-0.2, 0) is 0 Å². The molecule has 142 valence electrons. The molecule has 1 atom stereocenters. The summed E-state index contributed by atoms with van der Waals surface area (Å²) in [5, 5.41) is 0.954. The molecule has 1 unspecified atom stereocenters. The first-order chi connectivity index (χ1) is 14.0. The first-order valence-corrected chi connectivity index (χ1v) is 9.51. The van der Waals surface area contributed by atoms with Crippen molar-refractivity contribution >= 4 is 34.3 Å². The van der Waals surface area contributed by atoms with Crippen LogP contribution in [0.25, 0.3) is 11.0 Å². The summed E-state index contributed by atoms with van der Waals surface area (Å²) in [7, 11) is 0. The van der Waals surface area contributed by atoms with Gasteiger partial charge in [-0.3, -0.25) is 14.5 Å². The molecule has 5 rings (SSSR count). The van der Waals surface area contributed by atoms with Crippen LogP contribution in [0.15, 0.2) is 75.9 Å². The number of para-hydroxylation sites is 1. The van der Waals surface area contributed by atoms with Crippen LogP contribution in [0.3, 0.4) is 0 Å². The SMILES string of the molecule is Cc1cccc(N2C(=O)c3oc4ccccc4c(=O)c3C2c2cccc(Cl)c2)n1. The van der Waals surface area contributed by atoms with E-state index in [1.54, 1.807) is 48.5 Å². The molecule has 0 aliphatic carbocycles. The number of hydrogen-bond acceptors (Lipinski definition) is 4. The maximum atomic E-state index is 13.4. The highest BCUT2D eigenvalue weighted by Crippen LogP contribution is 2.41. The molecule has 29 heavy (non-hydrogen) atoms. The van der Waals surface area contributed by atoms with E-state index < -0.39 is 11.9 Å². The molecule has 0 saturated carbocycles. The number of carbonyl (C=O) groups is 1. The van der Waals surface area contributed by atoms with Gasteiger partial charge in [0.1, 0.15) is 11.4 Å². The van der Waals surface area contributed by atoms with Crippen molar-refractivity contribution in [2.45, 2.75) is 13.0 Å². The predicted octanol–water partition coefficient (Wildman–Crippen LogP) is 4.90. The van der Waals surface area contributed by atoms with Crippen molar-refractivity contribution in [1.29, 1.82) is 0 Å². The fourth-order valence-corrected chi connectivity index (χ4v) is 4.01. The van der Waals surface area contributed by atoms with Gasteiger partial charge in [-0.15, -0.1) is 0 Å². The second-order valence-electron chi connectivity index (χ2n) is 6.94. The van der Waals surface area contributed by atoms with E-state index >= 15 is 0 Å². The number of nitrogens with zero attached hydrogens (tertiary/aromatic N) is 2. The lowest BCUT2D eigenvalue weighted by Gasteiger charge is -2.24. The Balaban J connectivity index is 1.84. The van der Waals surface area contributed by atoms with E-state index in [-0.39, 0.29) is 11.2 Å². The zero-order valence-electron chi connectivity index (χ0n) is 15.4. The Morgan fingerprint density at radius 2 is 1.79 bits per heavy atom. The maximum Gasteiger partial charge on any atom is 0.296 e. The second kappa shape index (κ2) is 6.57. The molecule has 0 spiro atoms. The number of carbonyl (C=O) groups excluding carboxylic acids is 1. The van der Waals surface area contributed by atoms with Crippen molar-refractivity contribution in [3.63, 3.8) is 0 Å². The molecule has 0 radical (unpaired) electrons. The van der Waals surface area contributed by atoms with Crippen LogP contribution in [0, 0.1) is 6.92 Å². The number of pyridine rings is 1. The minimum absolute atomic E-state index is 0.0435. The minimum Gasteiger partial charge on any atom is -0.450 e. The van der Waals surface area contributed by atoms with Crippen LogP contribution >= 0.6 is 11.6 Å². The standard InChI is InChI=1S/C23H15ClN2O3/c1-13-6-4-11-18(25-13)26-20(14-7-5-8-15(24)12-14)19-21(27)16-9-2-3-10-17(16)29-22(19)23(26)28/h2-12,20H,1H3. The average Bonchev–Trinajstić information content (AvgIpc) is 3.01. The van der Waals surface area contributed by atoms with Crippen LogP contribution in [0.2, 0.25) is 5.02 Å². The Kier molecular flexibility index (Phi) is 4.00. The third-order valence-electron chi connectivity index (χ3n) is 5.06. The molecule has 2 aromatic carbocycles. The normalized spacial score (nSPS) is 15.7. The van der Waals surface area contributed by atoms with Crippen molar-refractivity contribution in [3.8, 4) is 0 Å². The molecule has 0 fully saturated rings. The lowest BCUT2D eigenvalue weighted by Crippen LogP contribution is -2.30. The molecular weight excluding hydrogens is 388 g/mol. The molecule has 1 aliphatic rings. The monoisotopic (exact) mass is 402 g/mol. The largest absolute Gasteiger partial charge is 0.450 e. The Bertz CT molecular complexity index is 1350. The summed E-state index contributed by atoms with van der Waals surface area (Å²) in [6.45, 7) is 1.85. The molecular formula is C23H15ClN2O3. The zero-order chi connectivity index (χ0) is 20.1. The van der Waals surface area contributed by atoms with E-state index in [1.807, 2.05) is 25.1 Å². The highest BCUT2D eigenvalue weighted by molar-refractivity contribution is 6.30. The Labute approximate surface area is 171 Å². The topological polar surface area (TPSA) is 63.4 Å². The summed E-state index contributed by atoms with van der Waals surface area (Å²) in [6.07, 6.45) is 0. The second-order valence-corrected chi connectivity index (χ2v) is 7.38. The fourth-order valence-electron chi connectivity index (χ4n) is 3.81. The van der Waals surface area contributed by atoms with Gasteiger partial charge in [0.2, 0.25) is 5.76 Å². The first kappa shape index (κ1) is 17.6. The molecule has 2 aromatic heterocycles. The number of amides is 1. The first-order valence-electron chi connectivity index (χ1n) is 9.13. The van der Waals surface area contributed by atoms with Gasteiger partial charge in [-0.1, -0.05) is 41.9 Å². The van der Waals surface area contributed by atoms with Crippen LogP contribution in [-0.4, -0.2) is 10.9 Å². The van der Waals surface area contributed by atoms with Gasteiger partial charge in [0.15, 0.2) is 5.43 Å². The number of halogens is 1. The minimum atomic E-state index is -0.675. The third-order valence-corrected chi connectivity index (χ3v) is 5.30. The third kappa shape index (κ3) is 2.74. The van der Waals surface area contributed by atoms with Gasteiger partial charge >= 0.3 is 0 Å². The molecule has 0 N–H and O–H groups in total. The van der Waals surface area contributed by atoms with Gasteiger partial charge in [0.25, 0.3) is 5.91 Å². The predicted molar refractivity (Wildman–Crippen MR) is 112 cm³/mol. The Morgan fingerprint density at radius 1 is 1.00 bits per heavy atom. The van der Waals surface area contributed by atoms with Crippen LogP contribution in [0.1, 0.15) is 33.4 Å². The van der Waals surface area contributed by atoms with Gasteiger partial charge in [0.05, 0.1) is 17.0 Å². The average molecular weight is 403 g/mol. The van der Waals surface area contributed by atoms with Crippen molar-refractivity contribution in [1.82, 2.24) is 4.98 Å². The highest BCUT2D eigenvalue weighted by Gasteiger charge is 2.44. The van der Waals surface area contributed by atoms with Crippen LogP contribution < -0.4 is 10.3 Å². The van der Waals surface area contributed by atoms with E-state index in [1.165, 1.54) is 4.90 Å². The number of rotatable bonds is 2. The van der Waals surface area contributed by atoms with Gasteiger partial charge in [-0.25, -0.2) is 4.98 Å². The summed E-state index contributed by atoms with van der Waals surface area (Å²) in [6, 6.07) is 18.8. The number of aromatic nitrogens is 1. The van der Waals surface area contributed by atoms with Crippen molar-refractivity contribution in [2.24, 2.45) is 0 Å². The van der Waals surface area contributed by atoms with Crippen LogP contribution in [0.5, 0.6) is 0 Å². The maximum absolute atomic E-state index is 13.4. The smallest absolute Gasteiger partial charge is 0.296 e. The summed E-state index contributed by atoms with van der Waals surface area (Å²) >= 11 is 6.22. The zero-order valence-corrected chi connectivity index (χ0v) is 16.2. The number of hydrogen-bond donors (Lipinski definition) is 0. The Morgan fingerprint density at radius 3 is 2.59 bits per heavy atom. The van der Waals surface area contributed by atoms with E-state index in [4.69, 9.17) is 16.0 Å². The van der Waals surface area contributed by atoms with E-state index in [9.17, 15) is 9.59 Å². The molecule has 6 heteroatoms.